The van der Waals surface area contributed by atoms with Gasteiger partial charge in [0, 0.05) is 19.1 Å². The molecule has 0 fully saturated rings. The second-order valence-corrected chi connectivity index (χ2v) is 4.49. The molecule has 0 aliphatic carbocycles. The van der Waals surface area contributed by atoms with Crippen molar-refractivity contribution in [2.45, 2.75) is 12.8 Å². The van der Waals surface area contributed by atoms with Gasteiger partial charge in [0.2, 0.25) is 0 Å². The third-order valence-electron chi connectivity index (χ3n) is 3.07. The summed E-state index contributed by atoms with van der Waals surface area (Å²) >= 11 is 0. The number of nitrogens with zero attached hydrogens (tertiary/aromatic N) is 1. The Kier molecular flexibility index (Phi) is 3.47. The van der Waals surface area contributed by atoms with Crippen molar-refractivity contribution in [3.05, 3.63) is 40.7 Å². The Labute approximate surface area is 115 Å². The van der Waals surface area contributed by atoms with E-state index in [2.05, 4.69) is 0 Å². The molecule has 6 heteroatoms. The summed E-state index contributed by atoms with van der Waals surface area (Å²) in [6.45, 7) is 1.10. The molecule has 1 aromatic carbocycles. The average Bonchev–Trinajstić information content (AvgIpc) is 2.85. The molecule has 0 saturated carbocycles. The van der Waals surface area contributed by atoms with Crippen LogP contribution in [0, 0.1) is 0 Å². The maximum atomic E-state index is 11.8. The van der Waals surface area contributed by atoms with Crippen molar-refractivity contribution in [2.75, 3.05) is 19.8 Å². The van der Waals surface area contributed by atoms with E-state index in [1.807, 2.05) is 0 Å². The first kappa shape index (κ1) is 12.8. The van der Waals surface area contributed by atoms with Crippen LogP contribution < -0.4 is 15.2 Å². The normalized spacial score (nSPS) is 13.4. The minimum Gasteiger partial charge on any atom is -0.486 e. The fourth-order valence-corrected chi connectivity index (χ4v) is 2.12. The SMILES string of the molecule is O=c1oc(CCCO)cn1-c1ccc2c(c1)OCCO2. The molecule has 0 unspecified atom stereocenters. The highest BCUT2D eigenvalue weighted by Gasteiger charge is 2.14. The van der Waals surface area contributed by atoms with Crippen molar-refractivity contribution in [1.29, 1.82) is 0 Å². The lowest BCUT2D eigenvalue weighted by Crippen LogP contribution is -2.16. The molecule has 0 atom stereocenters. The number of ether oxygens (including phenoxy) is 2. The molecule has 2 heterocycles. The van der Waals surface area contributed by atoms with Gasteiger partial charge in [0.1, 0.15) is 19.0 Å². The van der Waals surface area contributed by atoms with Crippen molar-refractivity contribution in [2.24, 2.45) is 0 Å². The van der Waals surface area contributed by atoms with E-state index in [0.29, 0.717) is 49.0 Å². The van der Waals surface area contributed by atoms with Crippen LogP contribution >= 0.6 is 0 Å². The van der Waals surface area contributed by atoms with Gasteiger partial charge in [-0.2, -0.15) is 0 Å². The molecule has 0 saturated heterocycles. The molecule has 20 heavy (non-hydrogen) atoms. The van der Waals surface area contributed by atoms with E-state index in [9.17, 15) is 4.79 Å². The minimum atomic E-state index is -0.449. The summed E-state index contributed by atoms with van der Waals surface area (Å²) < 4.78 is 17.5. The van der Waals surface area contributed by atoms with Crippen molar-refractivity contribution < 1.29 is 19.0 Å². The Hall–Kier alpha value is -2.21. The van der Waals surface area contributed by atoms with Crippen LogP contribution in [-0.2, 0) is 6.42 Å². The maximum Gasteiger partial charge on any atom is 0.423 e. The van der Waals surface area contributed by atoms with Gasteiger partial charge in [-0.15, -0.1) is 0 Å². The van der Waals surface area contributed by atoms with Gasteiger partial charge in [-0.25, -0.2) is 9.36 Å². The molecule has 1 aromatic heterocycles. The van der Waals surface area contributed by atoms with Crippen LogP contribution in [-0.4, -0.2) is 29.5 Å². The summed E-state index contributed by atoms with van der Waals surface area (Å²) in [6.07, 6.45) is 2.74. The predicted molar refractivity (Wildman–Crippen MR) is 70.7 cm³/mol. The molecular formula is C14H15NO5. The highest BCUT2D eigenvalue weighted by atomic mass is 16.6. The Morgan fingerprint density at radius 2 is 2.00 bits per heavy atom. The smallest absolute Gasteiger partial charge is 0.423 e. The van der Waals surface area contributed by atoms with Gasteiger partial charge in [0.05, 0.1) is 11.9 Å². The van der Waals surface area contributed by atoms with Crippen LogP contribution in [0.5, 0.6) is 11.5 Å². The highest BCUT2D eigenvalue weighted by Crippen LogP contribution is 2.31. The summed E-state index contributed by atoms with van der Waals surface area (Å²) in [5.41, 5.74) is 0.665. The van der Waals surface area contributed by atoms with Crippen LogP contribution in [0.2, 0.25) is 0 Å². The number of hydrogen-bond acceptors (Lipinski definition) is 5. The average molecular weight is 277 g/mol. The first-order chi connectivity index (χ1) is 9.78. The van der Waals surface area contributed by atoms with Crippen molar-refractivity contribution in [3.63, 3.8) is 0 Å². The van der Waals surface area contributed by atoms with Crippen LogP contribution in [0.25, 0.3) is 5.69 Å². The van der Waals surface area contributed by atoms with Crippen molar-refractivity contribution in [1.82, 2.24) is 4.57 Å². The number of aliphatic hydroxyl groups excluding tert-OH is 1. The lowest BCUT2D eigenvalue weighted by molar-refractivity contribution is 0.171. The predicted octanol–water partition coefficient (Wildman–Crippen LogP) is 1.13. The van der Waals surface area contributed by atoms with Crippen molar-refractivity contribution >= 4 is 0 Å². The van der Waals surface area contributed by atoms with Gasteiger partial charge in [0.25, 0.3) is 0 Å². The van der Waals surface area contributed by atoms with Crippen LogP contribution in [0.15, 0.2) is 33.6 Å². The fourth-order valence-electron chi connectivity index (χ4n) is 2.12. The van der Waals surface area contributed by atoms with Crippen molar-refractivity contribution in [3.8, 4) is 17.2 Å². The molecule has 6 nitrogen and oxygen atoms in total. The molecule has 0 amide bonds. The number of aromatic nitrogens is 1. The fraction of sp³-hybridized carbons (Fsp3) is 0.357. The molecule has 0 spiro atoms. The van der Waals surface area contributed by atoms with Gasteiger partial charge in [-0.1, -0.05) is 0 Å². The van der Waals surface area contributed by atoms with E-state index in [0.717, 1.165) is 0 Å². The second-order valence-electron chi connectivity index (χ2n) is 4.49. The zero-order valence-electron chi connectivity index (χ0n) is 10.9. The standard InChI is InChI=1S/C14H15NO5/c16-5-1-2-11-9-15(14(17)20-11)10-3-4-12-13(8-10)19-7-6-18-12/h3-4,8-9,16H,1-2,5-7H2. The summed E-state index contributed by atoms with van der Waals surface area (Å²) in [5.74, 6) is 1.41. The van der Waals surface area contributed by atoms with Gasteiger partial charge in [-0.3, -0.25) is 0 Å². The molecule has 106 valence electrons. The Morgan fingerprint density at radius 3 is 2.80 bits per heavy atom. The van der Waals surface area contributed by atoms with E-state index >= 15 is 0 Å². The molecule has 1 N–H and O–H groups in total. The number of oxazole rings is 1. The van der Waals surface area contributed by atoms with E-state index < -0.39 is 5.76 Å². The third kappa shape index (κ3) is 2.42. The molecule has 0 radical (unpaired) electrons. The molecular weight excluding hydrogens is 262 g/mol. The van der Waals surface area contributed by atoms with Crippen LogP contribution in [0.4, 0.5) is 0 Å². The van der Waals surface area contributed by atoms with E-state index in [1.165, 1.54) is 4.57 Å². The van der Waals surface area contributed by atoms with Crippen LogP contribution in [0.1, 0.15) is 12.2 Å². The molecule has 3 rings (SSSR count). The number of fused-ring (bicyclic) bond motifs is 1. The second kappa shape index (κ2) is 5.42. The van der Waals surface area contributed by atoms with E-state index in [1.54, 1.807) is 24.4 Å². The lowest BCUT2D eigenvalue weighted by atomic mass is 10.2. The van der Waals surface area contributed by atoms with Gasteiger partial charge >= 0.3 is 5.76 Å². The van der Waals surface area contributed by atoms with Gasteiger partial charge in [0.15, 0.2) is 11.5 Å². The number of benzene rings is 1. The zero-order valence-corrected chi connectivity index (χ0v) is 10.9. The first-order valence-electron chi connectivity index (χ1n) is 6.50. The summed E-state index contributed by atoms with van der Waals surface area (Å²) in [4.78, 5) is 11.8. The number of aliphatic hydroxyl groups is 1. The Bertz CT molecular complexity index is 658. The summed E-state index contributed by atoms with van der Waals surface area (Å²) in [7, 11) is 0. The molecule has 1 aliphatic rings. The number of rotatable bonds is 4. The van der Waals surface area contributed by atoms with E-state index in [-0.39, 0.29) is 6.61 Å². The topological polar surface area (TPSA) is 73.8 Å². The maximum absolute atomic E-state index is 11.8. The minimum absolute atomic E-state index is 0.0684. The van der Waals surface area contributed by atoms with Gasteiger partial charge in [-0.05, 0) is 18.6 Å². The van der Waals surface area contributed by atoms with Gasteiger partial charge < -0.3 is 19.0 Å². The Morgan fingerprint density at radius 1 is 1.20 bits per heavy atom. The third-order valence-corrected chi connectivity index (χ3v) is 3.07. The quantitative estimate of drug-likeness (QED) is 0.906. The number of hydrogen-bond donors (Lipinski definition) is 1. The van der Waals surface area contributed by atoms with Crippen LogP contribution in [0.3, 0.4) is 0 Å². The first-order valence-corrected chi connectivity index (χ1v) is 6.50. The molecule has 2 aromatic rings. The summed E-state index contributed by atoms with van der Waals surface area (Å²) in [5, 5.41) is 8.80. The molecule has 0 bridgehead atoms. The Balaban J connectivity index is 1.92. The lowest BCUT2D eigenvalue weighted by Gasteiger charge is -2.18. The zero-order chi connectivity index (χ0) is 13.9. The molecule has 1 aliphatic heterocycles. The van der Waals surface area contributed by atoms with E-state index in [4.69, 9.17) is 19.0 Å². The number of aryl methyl sites for hydroxylation is 1. The highest BCUT2D eigenvalue weighted by molar-refractivity contribution is 5.49. The largest absolute Gasteiger partial charge is 0.486 e. The summed E-state index contributed by atoms with van der Waals surface area (Å²) in [6, 6.07) is 5.30. The monoisotopic (exact) mass is 277 g/mol.